The quantitative estimate of drug-likeness (QED) is 0.169. The van der Waals surface area contributed by atoms with Gasteiger partial charge in [-0.05, 0) is 138 Å². The van der Waals surface area contributed by atoms with E-state index in [4.69, 9.17) is 26.6 Å². The van der Waals surface area contributed by atoms with Crippen LogP contribution in [0.2, 0.25) is 0 Å². The Kier molecular flexibility index (Phi) is 13.3. The Morgan fingerprint density at radius 2 is 0.474 bits per heavy atom. The summed E-state index contributed by atoms with van der Waals surface area (Å²) in [6.07, 6.45) is 0. The maximum Gasteiger partial charge on any atom is 0.516 e. The Labute approximate surface area is 246 Å². The molecule has 0 aliphatic carbocycles. The van der Waals surface area contributed by atoms with Crippen LogP contribution in [0.1, 0.15) is 138 Å². The largest absolute Gasteiger partial charge is 0.516 e. The molecule has 0 saturated heterocycles. The minimum absolute atomic E-state index is 0.0711. The summed E-state index contributed by atoms with van der Waals surface area (Å²) in [7, 11) is -3.04. The monoisotopic (exact) mass is 614 g/mol. The van der Waals surface area contributed by atoms with Gasteiger partial charge in [-0.2, -0.15) is 0 Å². The summed E-state index contributed by atoms with van der Waals surface area (Å²) in [5.74, 6) is 0. The summed E-state index contributed by atoms with van der Waals surface area (Å²) in [5, 5.41) is 0. The molecule has 0 aromatic rings. The molecule has 230 valence electrons. The molecular formula is C28H62O6S2Si2. The Morgan fingerprint density at radius 1 is 0.342 bits per heavy atom. The minimum atomic E-state index is -3.24. The Balaban J connectivity index is 6.54. The molecule has 10 heteroatoms. The number of hydrogen-bond acceptors (Lipinski definition) is 8. The predicted octanol–water partition coefficient (Wildman–Crippen LogP) is 8.99. The summed E-state index contributed by atoms with van der Waals surface area (Å²) >= 11 is 0. The topological polar surface area (TPSA) is 55.4 Å². The maximum absolute atomic E-state index is 6.78. The van der Waals surface area contributed by atoms with E-state index in [0.717, 1.165) is 0 Å². The molecule has 2 atom stereocenters. The molecule has 0 rings (SSSR count). The van der Waals surface area contributed by atoms with E-state index in [9.17, 15) is 0 Å². The second-order valence-corrected chi connectivity index (χ2v) is 25.1. The van der Waals surface area contributed by atoms with Crippen LogP contribution in [0.5, 0.6) is 0 Å². The lowest BCUT2D eigenvalue weighted by molar-refractivity contribution is -0.0774. The molecule has 0 aliphatic rings. The lowest BCUT2D eigenvalue weighted by Crippen LogP contribution is -2.63. The summed E-state index contributed by atoms with van der Waals surface area (Å²) < 4.78 is 40.7. The van der Waals surface area contributed by atoms with E-state index in [1.54, 1.807) is 21.6 Å². The van der Waals surface area contributed by atoms with Gasteiger partial charge in [0, 0.05) is 0 Å². The molecule has 0 aliphatic heterocycles. The molecule has 0 fully saturated rings. The van der Waals surface area contributed by atoms with E-state index >= 15 is 0 Å². The highest BCUT2D eigenvalue weighted by molar-refractivity contribution is 8.77. The first kappa shape index (κ1) is 38.9. The summed E-state index contributed by atoms with van der Waals surface area (Å²) in [6, 6.07) is 0. The molecule has 0 N–H and O–H groups in total. The van der Waals surface area contributed by atoms with Gasteiger partial charge in [-0.1, -0.05) is 21.6 Å². The Hall–Kier alpha value is 0.894. The summed E-state index contributed by atoms with van der Waals surface area (Å²) in [4.78, 5) is -0.142. The fourth-order valence-electron chi connectivity index (χ4n) is 3.47. The van der Waals surface area contributed by atoms with Crippen molar-refractivity contribution in [3.8, 4) is 0 Å². The fraction of sp³-hybridized carbons (Fsp3) is 1.00. The van der Waals surface area contributed by atoms with Crippen LogP contribution in [0.4, 0.5) is 0 Å². The average molecular weight is 615 g/mol. The van der Waals surface area contributed by atoms with Crippen LogP contribution in [-0.2, 0) is 26.6 Å². The molecule has 6 nitrogen and oxygen atoms in total. The summed E-state index contributed by atoms with van der Waals surface area (Å²) in [6.45, 7) is 41.4. The molecule has 0 amide bonds. The first-order valence-corrected chi connectivity index (χ1v) is 19.7. The first-order chi connectivity index (χ1) is 16.3. The number of rotatable bonds is 11. The van der Waals surface area contributed by atoms with Crippen LogP contribution in [-0.4, -0.2) is 61.0 Å². The zero-order valence-electron chi connectivity index (χ0n) is 28.4. The molecule has 0 aromatic carbocycles. The third-order valence-electron chi connectivity index (χ3n) is 4.03. The highest BCUT2D eigenvalue weighted by Crippen LogP contribution is 2.45. The molecule has 0 spiro atoms. The average Bonchev–Trinajstić information content (AvgIpc) is 2.49. The van der Waals surface area contributed by atoms with Gasteiger partial charge >= 0.3 is 17.6 Å². The van der Waals surface area contributed by atoms with Crippen molar-refractivity contribution < 1.29 is 26.6 Å². The smallest absolute Gasteiger partial charge is 0.368 e. The predicted molar refractivity (Wildman–Crippen MR) is 171 cm³/mol. The van der Waals surface area contributed by atoms with Gasteiger partial charge in [0.05, 0.1) is 43.4 Å². The van der Waals surface area contributed by atoms with Crippen LogP contribution < -0.4 is 0 Å². The minimum Gasteiger partial charge on any atom is -0.368 e. The number of hydrogen-bond donors (Lipinski definition) is 0. The van der Waals surface area contributed by atoms with Crippen molar-refractivity contribution in [2.75, 3.05) is 0 Å². The zero-order chi connectivity index (χ0) is 30.8. The van der Waals surface area contributed by atoms with Gasteiger partial charge in [0.1, 0.15) is 0 Å². The molecule has 0 radical (unpaired) electrons. The van der Waals surface area contributed by atoms with Gasteiger partial charge < -0.3 is 26.6 Å². The normalized spacial score (nSPS) is 17.1. The lowest BCUT2D eigenvalue weighted by Gasteiger charge is -2.46. The van der Waals surface area contributed by atoms with E-state index in [1.807, 2.05) is 0 Å². The fourth-order valence-corrected chi connectivity index (χ4v) is 16.1. The van der Waals surface area contributed by atoms with Crippen LogP contribution in [0.25, 0.3) is 0 Å². The van der Waals surface area contributed by atoms with Crippen molar-refractivity contribution in [2.45, 2.75) is 182 Å². The van der Waals surface area contributed by atoms with Crippen molar-refractivity contribution in [1.29, 1.82) is 0 Å². The molecule has 0 heterocycles. The first-order valence-electron chi connectivity index (χ1n) is 13.8. The Bertz CT molecular complexity index is 579. The van der Waals surface area contributed by atoms with Crippen LogP contribution >= 0.6 is 21.6 Å². The van der Waals surface area contributed by atoms with Gasteiger partial charge in [0.15, 0.2) is 0 Å². The van der Waals surface area contributed by atoms with E-state index in [-0.39, 0.29) is 9.75 Å². The highest BCUT2D eigenvalue weighted by Gasteiger charge is 2.58. The van der Waals surface area contributed by atoms with Gasteiger partial charge in [0.2, 0.25) is 0 Å². The van der Waals surface area contributed by atoms with Crippen molar-refractivity contribution in [1.82, 2.24) is 0 Å². The second-order valence-electron chi connectivity index (χ2n) is 16.0. The van der Waals surface area contributed by atoms with Gasteiger partial charge in [-0.15, -0.1) is 0 Å². The van der Waals surface area contributed by atoms with Crippen LogP contribution in [0, 0.1) is 0 Å². The van der Waals surface area contributed by atoms with E-state index in [0.29, 0.717) is 0 Å². The van der Waals surface area contributed by atoms with E-state index in [1.165, 1.54) is 0 Å². The zero-order valence-corrected chi connectivity index (χ0v) is 32.1. The molecule has 38 heavy (non-hydrogen) atoms. The maximum atomic E-state index is 6.78. The van der Waals surface area contributed by atoms with Crippen molar-refractivity contribution in [3.05, 3.63) is 0 Å². The Morgan fingerprint density at radius 3 is 0.579 bits per heavy atom. The molecule has 0 aromatic heterocycles. The van der Waals surface area contributed by atoms with Gasteiger partial charge in [0.25, 0.3) is 0 Å². The van der Waals surface area contributed by atoms with Gasteiger partial charge in [-0.25, -0.2) is 0 Å². The SMILES string of the molecule is CC(SSC(C)[Si](OC(C)(C)C)(OC(C)(C)C)OC(C)(C)C)[Si](OC(C)(C)C)(OC(C)(C)C)OC(C)(C)C. The standard InChI is InChI=1S/C28H62O6S2Si2/c1-21(37(29-23(3,4)5,30-24(6,7)8)31-25(9,10)11)35-36-22(2)38(32-26(12,13)14,33-27(15,16)17)34-28(18,19)20/h21-22H,1-20H3. The van der Waals surface area contributed by atoms with Crippen LogP contribution in [0.3, 0.4) is 0 Å². The van der Waals surface area contributed by atoms with Crippen molar-refractivity contribution in [3.63, 3.8) is 0 Å². The van der Waals surface area contributed by atoms with E-state index < -0.39 is 51.2 Å². The summed E-state index contributed by atoms with van der Waals surface area (Å²) in [5.41, 5.74) is -2.63. The van der Waals surface area contributed by atoms with Gasteiger partial charge in [-0.3, -0.25) is 0 Å². The highest BCUT2D eigenvalue weighted by atomic mass is 33.1. The molecule has 0 saturated carbocycles. The third kappa shape index (κ3) is 16.4. The third-order valence-corrected chi connectivity index (χ3v) is 17.6. The van der Waals surface area contributed by atoms with Crippen molar-refractivity contribution in [2.24, 2.45) is 0 Å². The van der Waals surface area contributed by atoms with Crippen LogP contribution in [0.15, 0.2) is 0 Å². The molecular weight excluding hydrogens is 553 g/mol. The molecule has 2 unspecified atom stereocenters. The van der Waals surface area contributed by atoms with Crippen molar-refractivity contribution >= 4 is 39.2 Å². The van der Waals surface area contributed by atoms with E-state index in [2.05, 4.69) is 138 Å². The second kappa shape index (κ2) is 13.0. The molecule has 0 bridgehead atoms. The lowest BCUT2D eigenvalue weighted by atomic mass is 10.2.